The fourth-order valence-corrected chi connectivity index (χ4v) is 3.96. The molecule has 2 aromatic carbocycles. The summed E-state index contributed by atoms with van der Waals surface area (Å²) < 4.78 is 2.52. The second kappa shape index (κ2) is 10.7. The number of carbonyl (C=O) groups is 3. The van der Waals surface area contributed by atoms with Gasteiger partial charge in [-0.1, -0.05) is 62.7 Å². The number of aromatic carboxylic acids is 1. The molecule has 3 aromatic rings. The molecule has 0 amide bonds. The maximum Gasteiger partial charge on any atom is 0.336 e. The van der Waals surface area contributed by atoms with Crippen molar-refractivity contribution in [2.75, 3.05) is 0 Å². The van der Waals surface area contributed by atoms with Gasteiger partial charge in [0.2, 0.25) is 5.91 Å². The van der Waals surface area contributed by atoms with Gasteiger partial charge in [0.05, 0.1) is 17.8 Å². The summed E-state index contributed by atoms with van der Waals surface area (Å²) in [5.74, 6) is -1.37. The van der Waals surface area contributed by atoms with Crippen molar-refractivity contribution < 1.29 is 19.5 Å². The van der Waals surface area contributed by atoms with Gasteiger partial charge in [0.25, 0.3) is 0 Å². The second-order valence-corrected chi connectivity index (χ2v) is 7.95. The molecule has 33 heavy (non-hydrogen) atoms. The van der Waals surface area contributed by atoms with Gasteiger partial charge in [-0.25, -0.2) is 14.2 Å². The van der Waals surface area contributed by atoms with Crippen LogP contribution in [0.5, 0.6) is 0 Å². The van der Waals surface area contributed by atoms with E-state index in [2.05, 4.69) is 0 Å². The van der Waals surface area contributed by atoms with E-state index >= 15 is 0 Å². The zero-order valence-corrected chi connectivity index (χ0v) is 18.9. The molecule has 0 atom stereocenters. The third kappa shape index (κ3) is 5.03. The van der Waals surface area contributed by atoms with Crippen molar-refractivity contribution in [2.45, 2.75) is 52.5 Å². The molecule has 1 aromatic heterocycles. The summed E-state index contributed by atoms with van der Waals surface area (Å²) in [7, 11) is 0. The molecule has 0 spiro atoms. The lowest BCUT2D eigenvalue weighted by molar-refractivity contribution is 0.0697. The van der Waals surface area contributed by atoms with Crippen LogP contribution in [-0.4, -0.2) is 32.4 Å². The van der Waals surface area contributed by atoms with Crippen LogP contribution in [-0.2, 0) is 13.0 Å². The number of hydrogen-bond acceptors (Lipinski definition) is 4. The van der Waals surface area contributed by atoms with Gasteiger partial charge in [0.1, 0.15) is 5.69 Å². The average Bonchev–Trinajstić information content (AvgIpc) is 3.08. The number of carboxylic acid groups (broad SMARTS) is 1. The molecule has 0 aliphatic rings. The lowest BCUT2D eigenvalue weighted by Gasteiger charge is -2.10. The van der Waals surface area contributed by atoms with E-state index in [1.54, 1.807) is 24.3 Å². The Morgan fingerprint density at radius 3 is 2.30 bits per heavy atom. The van der Waals surface area contributed by atoms with Gasteiger partial charge in [-0.05, 0) is 42.0 Å². The second-order valence-electron chi connectivity index (χ2n) is 7.95. The van der Waals surface area contributed by atoms with Crippen molar-refractivity contribution in [2.24, 2.45) is 0 Å². The fourth-order valence-electron chi connectivity index (χ4n) is 3.96. The molecule has 0 aliphatic heterocycles. The number of nitrogens with zero attached hydrogens (tertiary/aromatic N) is 2. The molecular weight excluding hydrogens is 420 g/mol. The lowest BCUT2D eigenvalue weighted by atomic mass is 9.99. The first-order valence-corrected chi connectivity index (χ1v) is 11.2. The van der Waals surface area contributed by atoms with Crippen molar-refractivity contribution in [3.8, 4) is 11.1 Å². The number of rotatable bonds is 10. The summed E-state index contributed by atoms with van der Waals surface area (Å²) >= 11 is 0. The molecule has 7 nitrogen and oxygen atoms in total. The molecule has 0 unspecified atom stereocenters. The number of benzene rings is 2. The van der Waals surface area contributed by atoms with E-state index in [1.165, 1.54) is 4.57 Å². The Hall–Kier alpha value is -3.74. The van der Waals surface area contributed by atoms with Crippen molar-refractivity contribution in [1.29, 1.82) is 0 Å². The Kier molecular flexibility index (Phi) is 7.77. The van der Waals surface area contributed by atoms with E-state index in [-0.39, 0.29) is 30.1 Å². The maximum atomic E-state index is 13.1. The first kappa shape index (κ1) is 23.9. The van der Waals surface area contributed by atoms with E-state index in [4.69, 9.17) is 0 Å². The van der Waals surface area contributed by atoms with Crippen LogP contribution in [0.2, 0.25) is 0 Å². The minimum Gasteiger partial charge on any atom is -0.478 e. The Balaban J connectivity index is 2.01. The molecule has 7 heteroatoms. The third-order valence-electron chi connectivity index (χ3n) is 5.64. The number of imidazole rings is 1. The molecule has 0 fully saturated rings. The molecule has 3 rings (SSSR count). The van der Waals surface area contributed by atoms with E-state index in [0.717, 1.165) is 28.5 Å². The van der Waals surface area contributed by atoms with Gasteiger partial charge >= 0.3 is 11.7 Å². The maximum absolute atomic E-state index is 13.1. The molecule has 0 saturated heterocycles. The molecule has 1 heterocycles. The van der Waals surface area contributed by atoms with Gasteiger partial charge in [-0.15, -0.1) is 0 Å². The topological polar surface area (TPSA) is 98.4 Å². The average molecular weight is 449 g/mol. The van der Waals surface area contributed by atoms with Crippen molar-refractivity contribution in [3.63, 3.8) is 0 Å². The predicted octanol–water partition coefficient (Wildman–Crippen LogP) is 4.66. The normalized spacial score (nSPS) is 10.8. The summed E-state index contributed by atoms with van der Waals surface area (Å²) in [5.41, 5.74) is 2.59. The highest BCUT2D eigenvalue weighted by Crippen LogP contribution is 2.24. The van der Waals surface area contributed by atoms with E-state index < -0.39 is 11.7 Å². The molecule has 0 bridgehead atoms. The van der Waals surface area contributed by atoms with Gasteiger partial charge < -0.3 is 5.11 Å². The zero-order chi connectivity index (χ0) is 24.0. The molecule has 0 aliphatic carbocycles. The number of carboxylic acids is 1. The Morgan fingerprint density at radius 2 is 1.70 bits per heavy atom. The summed E-state index contributed by atoms with van der Waals surface area (Å²) in [6.07, 6.45) is 3.57. The smallest absolute Gasteiger partial charge is 0.336 e. The molecule has 0 radical (unpaired) electrons. The number of carbonyl (C=O) groups excluding carboxylic acids is 2. The first-order valence-electron chi connectivity index (χ1n) is 11.2. The predicted molar refractivity (Wildman–Crippen MR) is 126 cm³/mol. The Morgan fingerprint density at radius 1 is 1.00 bits per heavy atom. The highest BCUT2D eigenvalue weighted by Gasteiger charge is 2.23. The van der Waals surface area contributed by atoms with Gasteiger partial charge in [0.15, 0.2) is 6.29 Å². The zero-order valence-electron chi connectivity index (χ0n) is 18.9. The number of hydrogen-bond donors (Lipinski definition) is 1. The Bertz CT molecular complexity index is 1220. The molecule has 0 saturated carbocycles. The summed E-state index contributed by atoms with van der Waals surface area (Å²) in [6.45, 7) is 4.09. The van der Waals surface area contributed by atoms with E-state index in [1.807, 2.05) is 38.1 Å². The summed E-state index contributed by atoms with van der Waals surface area (Å²) in [4.78, 5) is 49.1. The largest absolute Gasteiger partial charge is 0.478 e. The summed E-state index contributed by atoms with van der Waals surface area (Å²) in [6, 6.07) is 14.1. The standard InChI is InChI=1S/C26H28N2O5/c1-3-5-11-22-23(17-29)28(24(30)8-4-2)26(33)27(22)16-18-12-14-19(15-13-18)20-9-6-7-10-21(20)25(31)32/h6-7,9-10,12-15,17H,3-5,8,11,16H2,1-2H3,(H,31,32). The number of unbranched alkanes of at least 4 members (excludes halogenated alkanes) is 1. The number of aromatic nitrogens is 2. The lowest BCUT2D eigenvalue weighted by Crippen LogP contribution is -2.30. The number of aldehydes is 1. The monoisotopic (exact) mass is 448 g/mol. The van der Waals surface area contributed by atoms with Crippen molar-refractivity contribution >= 4 is 18.2 Å². The molecule has 172 valence electrons. The van der Waals surface area contributed by atoms with Crippen LogP contribution < -0.4 is 5.69 Å². The Labute approximate surface area is 192 Å². The minimum atomic E-state index is -0.999. The SMILES string of the molecule is CCCCc1c(C=O)n(C(=O)CCC)c(=O)n1Cc1ccc(-c2ccccc2C(=O)O)cc1. The van der Waals surface area contributed by atoms with Crippen LogP contribution in [0.25, 0.3) is 11.1 Å². The van der Waals surface area contributed by atoms with Crippen molar-refractivity contribution in [1.82, 2.24) is 9.13 Å². The molecular formula is C26H28N2O5. The van der Waals surface area contributed by atoms with Crippen molar-refractivity contribution in [3.05, 3.63) is 81.5 Å². The third-order valence-corrected chi connectivity index (χ3v) is 5.64. The minimum absolute atomic E-state index is 0.138. The van der Waals surface area contributed by atoms with Crippen LogP contribution in [0.3, 0.4) is 0 Å². The summed E-state index contributed by atoms with van der Waals surface area (Å²) in [5, 5.41) is 9.45. The fraction of sp³-hybridized carbons (Fsp3) is 0.308. The van der Waals surface area contributed by atoms with Crippen LogP contribution in [0.15, 0.2) is 53.3 Å². The quantitative estimate of drug-likeness (QED) is 0.455. The van der Waals surface area contributed by atoms with Crippen LogP contribution in [0, 0.1) is 0 Å². The van der Waals surface area contributed by atoms with Gasteiger partial charge in [-0.3, -0.25) is 14.2 Å². The highest BCUT2D eigenvalue weighted by atomic mass is 16.4. The van der Waals surface area contributed by atoms with Crippen LogP contribution >= 0.6 is 0 Å². The highest BCUT2D eigenvalue weighted by molar-refractivity contribution is 5.96. The van der Waals surface area contributed by atoms with Gasteiger partial charge in [-0.2, -0.15) is 0 Å². The van der Waals surface area contributed by atoms with Gasteiger partial charge in [0, 0.05) is 6.42 Å². The van der Waals surface area contributed by atoms with Crippen LogP contribution in [0.4, 0.5) is 0 Å². The first-order chi connectivity index (χ1) is 15.9. The van der Waals surface area contributed by atoms with E-state index in [0.29, 0.717) is 30.4 Å². The van der Waals surface area contributed by atoms with Crippen LogP contribution in [0.1, 0.15) is 76.4 Å². The molecule has 1 N–H and O–H groups in total. The van der Waals surface area contributed by atoms with E-state index in [9.17, 15) is 24.3 Å².